The molecular weight excluding hydrogens is 977 g/mol. The Kier molecular flexibility index (Phi) is 78.9. The Labute approximate surface area is 505 Å². The van der Waals surface area contributed by atoms with Crippen molar-refractivity contribution >= 4 is 11.9 Å². The lowest BCUT2D eigenvalue weighted by molar-refractivity contribution is -0.138. The van der Waals surface area contributed by atoms with Gasteiger partial charge < -0.3 is 10.2 Å². The van der Waals surface area contributed by atoms with Crippen LogP contribution in [-0.4, -0.2) is 22.2 Å². The van der Waals surface area contributed by atoms with Crippen LogP contribution in [0.3, 0.4) is 0 Å². The summed E-state index contributed by atoms with van der Waals surface area (Å²) >= 11 is 0. The molecule has 4 heteroatoms. The normalized spacial score (nSPS) is 11.4. The summed E-state index contributed by atoms with van der Waals surface area (Å²) in [5.41, 5.74) is 0. The van der Waals surface area contributed by atoms with E-state index in [4.69, 9.17) is 10.2 Å². The molecule has 0 spiro atoms. The first-order valence-electron chi connectivity index (χ1n) is 38.0. The molecule has 0 unspecified atom stereocenters. The van der Waals surface area contributed by atoms with E-state index in [1.54, 1.807) is 0 Å². The summed E-state index contributed by atoms with van der Waals surface area (Å²) in [6, 6.07) is 0. The van der Waals surface area contributed by atoms with Crippen LogP contribution in [0.15, 0.2) is 0 Å². The number of rotatable bonds is 72. The van der Waals surface area contributed by atoms with Gasteiger partial charge in [-0.15, -0.1) is 0 Å². The molecule has 0 bridgehead atoms. The molecule has 0 aliphatic heterocycles. The van der Waals surface area contributed by atoms with Crippen LogP contribution in [0.4, 0.5) is 0 Å². The monoisotopic (exact) mass is 1130 g/mol. The van der Waals surface area contributed by atoms with E-state index < -0.39 is 11.9 Å². The average Bonchev–Trinajstić information content (AvgIpc) is 3.45. The molecule has 0 rings (SSSR count). The van der Waals surface area contributed by atoms with Crippen molar-refractivity contribution in [2.45, 2.75) is 476 Å². The Morgan fingerprint density at radius 3 is 0.300 bits per heavy atom. The predicted molar refractivity (Wildman–Crippen MR) is 359 cm³/mol. The second kappa shape index (κ2) is 77.9. The first-order chi connectivity index (χ1) is 39.5. The number of carbonyl (C=O) groups is 2. The van der Waals surface area contributed by atoms with Gasteiger partial charge in [-0.2, -0.15) is 0 Å². The van der Waals surface area contributed by atoms with Gasteiger partial charge >= 0.3 is 11.9 Å². The van der Waals surface area contributed by atoms with Gasteiger partial charge in [0.15, 0.2) is 0 Å². The fraction of sp³-hybridized carbons (Fsp3) is 0.974. The predicted octanol–water partition coefficient (Wildman–Crippen LogP) is 28.3. The van der Waals surface area contributed by atoms with Crippen LogP contribution in [-0.2, 0) is 9.59 Å². The van der Waals surface area contributed by atoms with E-state index in [2.05, 4.69) is 13.8 Å². The van der Waals surface area contributed by atoms with Crippen LogP contribution in [0.2, 0.25) is 0 Å². The van der Waals surface area contributed by atoms with Gasteiger partial charge in [0, 0.05) is 12.8 Å². The minimum atomic E-state index is -0.647. The van der Waals surface area contributed by atoms with Gasteiger partial charge in [0.2, 0.25) is 0 Å². The molecule has 0 saturated heterocycles. The Bertz CT molecular complexity index is 1000. The molecule has 0 amide bonds. The molecule has 480 valence electrons. The zero-order chi connectivity index (χ0) is 58.1. The average molecular weight is 1130 g/mol. The summed E-state index contributed by atoms with van der Waals surface area (Å²) in [5, 5.41) is 17.3. The highest BCUT2D eigenvalue weighted by molar-refractivity contribution is 5.66. The SMILES string of the molecule is CCCCCCCCCCCCCCCCCCCCCCCCCCCCCCCCCCCCCC(=O)O.CCCCCCCCCCCCCCCCCCCCCCCCCCCCCCCCCCCCCC(=O)O. The van der Waals surface area contributed by atoms with Gasteiger partial charge in [-0.05, 0) is 12.8 Å². The summed E-state index contributed by atoms with van der Waals surface area (Å²) in [4.78, 5) is 21.0. The van der Waals surface area contributed by atoms with Crippen LogP contribution in [0.25, 0.3) is 0 Å². The van der Waals surface area contributed by atoms with Crippen molar-refractivity contribution in [2.24, 2.45) is 0 Å². The highest BCUT2D eigenvalue weighted by Gasteiger charge is 2.02. The third-order valence-corrected chi connectivity index (χ3v) is 18.0. The number of aliphatic carboxylic acids is 2. The minimum absolute atomic E-state index is 0.347. The summed E-state index contributed by atoms with van der Waals surface area (Å²) in [5.74, 6) is -1.29. The Balaban J connectivity index is 0. The quantitative estimate of drug-likeness (QED) is 0.0595. The molecule has 0 radical (unpaired) electrons. The lowest BCUT2D eigenvalue weighted by atomic mass is 10.0. The van der Waals surface area contributed by atoms with Crippen molar-refractivity contribution < 1.29 is 19.8 Å². The van der Waals surface area contributed by atoms with Crippen molar-refractivity contribution in [1.29, 1.82) is 0 Å². The Hall–Kier alpha value is -1.06. The van der Waals surface area contributed by atoms with Gasteiger partial charge in [0.1, 0.15) is 0 Å². The fourth-order valence-electron chi connectivity index (χ4n) is 12.4. The first kappa shape index (κ1) is 81.0. The Morgan fingerprint density at radius 1 is 0.150 bits per heavy atom. The molecule has 0 aromatic heterocycles. The van der Waals surface area contributed by atoms with E-state index in [1.165, 1.54) is 424 Å². The van der Waals surface area contributed by atoms with Crippen molar-refractivity contribution in [3.05, 3.63) is 0 Å². The minimum Gasteiger partial charge on any atom is -0.481 e. The number of carboxylic acids is 2. The third-order valence-electron chi connectivity index (χ3n) is 18.0. The largest absolute Gasteiger partial charge is 0.481 e. The Morgan fingerprint density at radius 2 is 0.225 bits per heavy atom. The van der Waals surface area contributed by atoms with E-state index in [1.807, 2.05) is 0 Å². The second-order valence-electron chi connectivity index (χ2n) is 26.3. The van der Waals surface area contributed by atoms with E-state index in [9.17, 15) is 9.59 Å². The van der Waals surface area contributed by atoms with Crippen molar-refractivity contribution in [3.8, 4) is 0 Å². The van der Waals surface area contributed by atoms with Crippen LogP contribution in [0, 0.1) is 0 Å². The van der Waals surface area contributed by atoms with Crippen LogP contribution in [0.5, 0.6) is 0 Å². The number of unbranched alkanes of at least 4 members (excludes halogenated alkanes) is 68. The highest BCUT2D eigenvalue weighted by atomic mass is 16.4. The second-order valence-corrected chi connectivity index (χ2v) is 26.3. The number of carboxylic acid groups (broad SMARTS) is 2. The van der Waals surface area contributed by atoms with Gasteiger partial charge in [-0.3, -0.25) is 9.59 Å². The summed E-state index contributed by atoms with van der Waals surface area (Å²) in [7, 11) is 0. The molecule has 0 saturated carbocycles. The molecule has 0 aromatic carbocycles. The van der Waals surface area contributed by atoms with Crippen molar-refractivity contribution in [3.63, 3.8) is 0 Å². The first-order valence-corrected chi connectivity index (χ1v) is 38.0. The molecule has 0 heterocycles. The van der Waals surface area contributed by atoms with E-state index >= 15 is 0 Å². The van der Waals surface area contributed by atoms with Gasteiger partial charge in [0.05, 0.1) is 0 Å². The lowest BCUT2D eigenvalue weighted by Gasteiger charge is -2.05. The van der Waals surface area contributed by atoms with Gasteiger partial charge in [-0.1, -0.05) is 450 Å². The number of hydrogen-bond donors (Lipinski definition) is 2. The zero-order valence-corrected chi connectivity index (χ0v) is 55.6. The summed E-state index contributed by atoms with van der Waals surface area (Å²) < 4.78 is 0. The number of hydrogen-bond acceptors (Lipinski definition) is 2. The molecular formula is C76H152O4. The highest BCUT2D eigenvalue weighted by Crippen LogP contribution is 2.20. The maximum atomic E-state index is 10.5. The molecule has 4 nitrogen and oxygen atoms in total. The van der Waals surface area contributed by atoms with Crippen molar-refractivity contribution in [1.82, 2.24) is 0 Å². The maximum Gasteiger partial charge on any atom is 0.303 e. The lowest BCUT2D eigenvalue weighted by Crippen LogP contribution is -1.93. The van der Waals surface area contributed by atoms with Crippen LogP contribution in [0.1, 0.15) is 476 Å². The van der Waals surface area contributed by atoms with E-state index in [0.717, 1.165) is 25.7 Å². The molecule has 0 aliphatic rings. The topological polar surface area (TPSA) is 74.6 Å². The van der Waals surface area contributed by atoms with Gasteiger partial charge in [-0.25, -0.2) is 0 Å². The molecule has 2 N–H and O–H groups in total. The standard InChI is InChI=1S/2C38H76O2/c2*1-2-3-4-5-6-7-8-9-10-11-12-13-14-15-16-17-18-19-20-21-22-23-24-25-26-27-28-29-30-31-32-33-34-35-36-37-38(39)40/h2*2-37H2,1H3,(H,39,40). The third kappa shape index (κ3) is 83.4. The van der Waals surface area contributed by atoms with Crippen LogP contribution < -0.4 is 0 Å². The zero-order valence-electron chi connectivity index (χ0n) is 55.6. The summed E-state index contributed by atoms with van der Waals surface area (Å²) in [6.45, 7) is 4.61. The molecule has 0 aromatic rings. The van der Waals surface area contributed by atoms with E-state index in [-0.39, 0.29) is 0 Å². The fourth-order valence-corrected chi connectivity index (χ4v) is 12.4. The molecule has 0 aliphatic carbocycles. The van der Waals surface area contributed by atoms with Crippen molar-refractivity contribution in [2.75, 3.05) is 0 Å². The molecule has 0 atom stereocenters. The molecule has 0 fully saturated rings. The van der Waals surface area contributed by atoms with E-state index in [0.29, 0.717) is 12.8 Å². The summed E-state index contributed by atoms with van der Waals surface area (Å²) in [6.07, 6.45) is 99.8. The van der Waals surface area contributed by atoms with Gasteiger partial charge in [0.25, 0.3) is 0 Å². The van der Waals surface area contributed by atoms with Crippen LogP contribution >= 0.6 is 0 Å². The smallest absolute Gasteiger partial charge is 0.303 e. The maximum absolute atomic E-state index is 10.5. The molecule has 80 heavy (non-hydrogen) atoms.